The van der Waals surface area contributed by atoms with Crippen molar-refractivity contribution in [2.75, 3.05) is 19.6 Å². The molecule has 0 aromatic rings. The lowest BCUT2D eigenvalue weighted by molar-refractivity contribution is -0.137. The third-order valence-electron chi connectivity index (χ3n) is 8.92. The van der Waals surface area contributed by atoms with E-state index in [1.165, 1.54) is 193 Å². The van der Waals surface area contributed by atoms with E-state index in [1.54, 1.807) is 0 Å². The minimum Gasteiger partial charge on any atom is -0.481 e. The highest BCUT2D eigenvalue weighted by molar-refractivity contribution is 5.66. The maximum Gasteiger partial charge on any atom is 0.303 e. The number of carboxylic acids is 1. The van der Waals surface area contributed by atoms with Crippen LogP contribution in [0.5, 0.6) is 0 Å². The fourth-order valence-electron chi connectivity index (χ4n) is 5.85. The lowest BCUT2D eigenvalue weighted by Gasteiger charge is -2.05. The highest BCUT2D eigenvalue weighted by Crippen LogP contribution is 2.14. The SMILES string of the molecule is CCCCCCCC/C=C\CCCCCCCC(=O)O.CCCCCCCCCCCCCCCCCCCCNCCCN. The van der Waals surface area contributed by atoms with Gasteiger partial charge >= 0.3 is 5.97 Å². The lowest BCUT2D eigenvalue weighted by atomic mass is 10.0. The van der Waals surface area contributed by atoms with Crippen molar-refractivity contribution in [1.29, 1.82) is 0 Å². The van der Waals surface area contributed by atoms with Crippen LogP contribution >= 0.6 is 0 Å². The molecule has 0 aromatic heterocycles. The Morgan fingerprint density at radius 3 is 1.13 bits per heavy atom. The highest BCUT2D eigenvalue weighted by atomic mass is 16.4. The number of unbranched alkanes of at least 4 members (excludes halogenated alkanes) is 28. The molecule has 0 amide bonds. The fourth-order valence-corrected chi connectivity index (χ4v) is 5.85. The molecule has 0 aliphatic heterocycles. The molecule has 0 fully saturated rings. The van der Waals surface area contributed by atoms with Crippen molar-refractivity contribution in [2.45, 2.75) is 226 Å². The van der Waals surface area contributed by atoms with Crippen molar-refractivity contribution in [3.8, 4) is 0 Å². The van der Waals surface area contributed by atoms with Gasteiger partial charge in [-0.25, -0.2) is 0 Å². The van der Waals surface area contributed by atoms with Gasteiger partial charge in [0.05, 0.1) is 0 Å². The molecule has 0 saturated carbocycles. The first kappa shape index (κ1) is 46.2. The molecule has 270 valence electrons. The first-order chi connectivity index (χ1) is 22.2. The predicted octanol–water partition coefficient (Wildman–Crippen LogP) is 13.1. The molecule has 4 nitrogen and oxygen atoms in total. The lowest BCUT2D eigenvalue weighted by Crippen LogP contribution is -2.19. The number of hydrogen-bond donors (Lipinski definition) is 3. The van der Waals surface area contributed by atoms with Gasteiger partial charge in [-0.3, -0.25) is 4.79 Å². The van der Waals surface area contributed by atoms with Gasteiger partial charge < -0.3 is 16.2 Å². The Bertz CT molecular complexity index is 530. The van der Waals surface area contributed by atoms with E-state index in [9.17, 15) is 4.79 Å². The van der Waals surface area contributed by atoms with Crippen molar-refractivity contribution in [3.05, 3.63) is 12.2 Å². The average molecular weight is 637 g/mol. The number of aliphatic carboxylic acids is 1. The van der Waals surface area contributed by atoms with Crippen LogP contribution in [0, 0.1) is 0 Å². The summed E-state index contributed by atoms with van der Waals surface area (Å²) in [7, 11) is 0. The van der Waals surface area contributed by atoms with Gasteiger partial charge in [0, 0.05) is 6.42 Å². The molecule has 0 saturated heterocycles. The third kappa shape index (κ3) is 50.2. The van der Waals surface area contributed by atoms with E-state index in [4.69, 9.17) is 10.8 Å². The van der Waals surface area contributed by atoms with Crippen molar-refractivity contribution in [3.63, 3.8) is 0 Å². The van der Waals surface area contributed by atoms with Gasteiger partial charge in [-0.15, -0.1) is 0 Å². The van der Waals surface area contributed by atoms with Gasteiger partial charge in [0.25, 0.3) is 0 Å². The second-order valence-electron chi connectivity index (χ2n) is 13.6. The molecule has 0 bridgehead atoms. The van der Waals surface area contributed by atoms with Crippen LogP contribution in [-0.4, -0.2) is 30.7 Å². The summed E-state index contributed by atoms with van der Waals surface area (Å²) in [5, 5.41) is 12.0. The molecular weight excluding hydrogens is 552 g/mol. The first-order valence-corrected chi connectivity index (χ1v) is 20.5. The van der Waals surface area contributed by atoms with E-state index in [1.807, 2.05) is 0 Å². The molecule has 4 N–H and O–H groups in total. The highest BCUT2D eigenvalue weighted by Gasteiger charge is 1.97. The number of hydrogen-bond acceptors (Lipinski definition) is 3. The van der Waals surface area contributed by atoms with Gasteiger partial charge in [-0.1, -0.05) is 187 Å². The standard InChI is InChI=1S/C23H50N2.C18H34O2/c1-2-3-4-5-6-7-8-9-10-11-12-13-14-15-16-17-18-19-22-25-23-20-21-24;1-2-3-4-5-6-7-8-9-10-11-12-13-14-15-16-17-18(19)20/h25H,2-24H2,1H3;9-10H,2-8,11-17H2,1H3,(H,19,20)/b;10-9-. The molecule has 0 unspecified atom stereocenters. The van der Waals surface area contributed by atoms with E-state index in [-0.39, 0.29) is 0 Å². The quantitative estimate of drug-likeness (QED) is 0.0468. The zero-order chi connectivity index (χ0) is 33.2. The number of carbonyl (C=O) groups is 1. The Morgan fingerprint density at radius 1 is 0.467 bits per heavy atom. The zero-order valence-corrected chi connectivity index (χ0v) is 31.0. The van der Waals surface area contributed by atoms with Crippen LogP contribution in [0.4, 0.5) is 0 Å². The number of allylic oxidation sites excluding steroid dienone is 2. The smallest absolute Gasteiger partial charge is 0.303 e. The summed E-state index contributed by atoms with van der Waals surface area (Å²) < 4.78 is 0. The van der Waals surface area contributed by atoms with Crippen molar-refractivity contribution in [1.82, 2.24) is 5.32 Å². The minimum absolute atomic E-state index is 0.332. The van der Waals surface area contributed by atoms with Crippen LogP contribution in [0.1, 0.15) is 226 Å². The summed E-state index contributed by atoms with van der Waals surface area (Å²) in [6.45, 7) is 7.64. The molecule has 45 heavy (non-hydrogen) atoms. The van der Waals surface area contributed by atoms with E-state index in [0.29, 0.717) is 6.42 Å². The summed E-state index contributed by atoms with van der Waals surface area (Å²) in [5.41, 5.74) is 5.47. The Kier molecular flexibility index (Phi) is 46.5. The molecule has 0 aliphatic carbocycles. The predicted molar refractivity (Wildman–Crippen MR) is 202 cm³/mol. The van der Waals surface area contributed by atoms with Crippen LogP contribution < -0.4 is 11.1 Å². The normalized spacial score (nSPS) is 11.3. The van der Waals surface area contributed by atoms with E-state index in [0.717, 1.165) is 32.4 Å². The Morgan fingerprint density at radius 2 is 0.778 bits per heavy atom. The molecule has 0 aromatic carbocycles. The van der Waals surface area contributed by atoms with Gasteiger partial charge in [-0.2, -0.15) is 0 Å². The Hall–Kier alpha value is -0.870. The Labute approximate surface area is 283 Å². The summed E-state index contributed by atoms with van der Waals surface area (Å²) in [5.74, 6) is -0.664. The largest absolute Gasteiger partial charge is 0.481 e. The molecular formula is C41H84N2O2. The van der Waals surface area contributed by atoms with Crippen molar-refractivity contribution < 1.29 is 9.90 Å². The Balaban J connectivity index is 0. The van der Waals surface area contributed by atoms with Crippen molar-refractivity contribution >= 4 is 5.97 Å². The number of rotatable bonds is 37. The van der Waals surface area contributed by atoms with E-state index in [2.05, 4.69) is 31.3 Å². The van der Waals surface area contributed by atoms with Gasteiger partial charge in [0.15, 0.2) is 0 Å². The van der Waals surface area contributed by atoms with Crippen molar-refractivity contribution in [2.24, 2.45) is 5.73 Å². The maximum absolute atomic E-state index is 10.3. The van der Waals surface area contributed by atoms with Gasteiger partial charge in [0.1, 0.15) is 0 Å². The maximum atomic E-state index is 10.3. The third-order valence-corrected chi connectivity index (χ3v) is 8.92. The second kappa shape index (κ2) is 45.3. The summed E-state index contributed by atoms with van der Waals surface area (Å²) in [6.07, 6.45) is 48.4. The minimum atomic E-state index is -0.664. The molecule has 0 rings (SSSR count). The first-order valence-electron chi connectivity index (χ1n) is 20.5. The number of carboxylic acid groups (broad SMARTS) is 1. The molecule has 0 atom stereocenters. The summed E-state index contributed by atoms with van der Waals surface area (Å²) >= 11 is 0. The second-order valence-corrected chi connectivity index (χ2v) is 13.6. The van der Waals surface area contributed by atoms with Gasteiger partial charge in [-0.05, 0) is 64.6 Å². The van der Waals surface area contributed by atoms with Crippen LogP contribution in [0.25, 0.3) is 0 Å². The average Bonchev–Trinajstić information content (AvgIpc) is 3.04. The molecule has 4 heteroatoms. The monoisotopic (exact) mass is 637 g/mol. The van der Waals surface area contributed by atoms with Crippen LogP contribution in [-0.2, 0) is 4.79 Å². The molecule has 0 aliphatic rings. The number of nitrogens with two attached hydrogens (primary N) is 1. The van der Waals surface area contributed by atoms with E-state index >= 15 is 0 Å². The van der Waals surface area contributed by atoms with E-state index < -0.39 is 5.97 Å². The van der Waals surface area contributed by atoms with Gasteiger partial charge in [0.2, 0.25) is 0 Å². The molecule has 0 radical (unpaired) electrons. The topological polar surface area (TPSA) is 75.3 Å². The fraction of sp³-hybridized carbons (Fsp3) is 0.927. The number of nitrogens with one attached hydrogen (secondary N) is 1. The molecule has 0 heterocycles. The summed E-state index contributed by atoms with van der Waals surface area (Å²) in [4.78, 5) is 10.3. The van der Waals surface area contributed by atoms with Crippen LogP contribution in [0.3, 0.4) is 0 Å². The summed E-state index contributed by atoms with van der Waals surface area (Å²) in [6, 6.07) is 0. The van der Waals surface area contributed by atoms with Crippen LogP contribution in [0.15, 0.2) is 12.2 Å². The van der Waals surface area contributed by atoms with Crippen LogP contribution in [0.2, 0.25) is 0 Å². The molecule has 0 spiro atoms. The zero-order valence-electron chi connectivity index (χ0n) is 31.0.